The number of rotatable bonds is 2. The summed E-state index contributed by atoms with van der Waals surface area (Å²) in [6, 6.07) is 6.59. The SMILES string of the molecule is CC1(C)CCN(Cc2cc(F)cc(C#N)c2)CC1. The van der Waals surface area contributed by atoms with Gasteiger partial charge >= 0.3 is 0 Å². The van der Waals surface area contributed by atoms with Crippen LogP contribution in [-0.2, 0) is 6.54 Å². The molecule has 0 unspecified atom stereocenters. The molecule has 0 aliphatic carbocycles. The van der Waals surface area contributed by atoms with Crippen LogP contribution in [0, 0.1) is 22.6 Å². The van der Waals surface area contributed by atoms with Gasteiger partial charge in [-0.05, 0) is 55.1 Å². The van der Waals surface area contributed by atoms with Crippen LogP contribution in [0.5, 0.6) is 0 Å². The van der Waals surface area contributed by atoms with Crippen LogP contribution < -0.4 is 0 Å². The number of halogens is 1. The summed E-state index contributed by atoms with van der Waals surface area (Å²) < 4.78 is 13.3. The lowest BCUT2D eigenvalue weighted by Gasteiger charge is -2.36. The Labute approximate surface area is 108 Å². The topological polar surface area (TPSA) is 27.0 Å². The fraction of sp³-hybridized carbons (Fsp3) is 0.533. The predicted octanol–water partition coefficient (Wildman–Crippen LogP) is 3.32. The number of likely N-dealkylation sites (tertiary alicyclic amines) is 1. The fourth-order valence-corrected chi connectivity index (χ4v) is 2.38. The van der Waals surface area contributed by atoms with E-state index < -0.39 is 0 Å². The first-order chi connectivity index (χ1) is 8.48. The van der Waals surface area contributed by atoms with Gasteiger partial charge in [0.1, 0.15) is 5.82 Å². The highest BCUT2D eigenvalue weighted by Gasteiger charge is 2.25. The second-order valence-corrected chi connectivity index (χ2v) is 5.90. The molecule has 1 fully saturated rings. The van der Waals surface area contributed by atoms with Gasteiger partial charge in [0.05, 0.1) is 11.6 Å². The van der Waals surface area contributed by atoms with E-state index >= 15 is 0 Å². The van der Waals surface area contributed by atoms with E-state index in [1.54, 1.807) is 6.07 Å². The number of nitriles is 1. The third kappa shape index (κ3) is 3.30. The van der Waals surface area contributed by atoms with Gasteiger partial charge in [0.15, 0.2) is 0 Å². The number of piperidine rings is 1. The van der Waals surface area contributed by atoms with E-state index in [1.807, 2.05) is 6.07 Å². The zero-order chi connectivity index (χ0) is 13.2. The van der Waals surface area contributed by atoms with Crippen molar-refractivity contribution < 1.29 is 4.39 Å². The van der Waals surface area contributed by atoms with E-state index in [0.717, 1.165) is 25.2 Å². The average Bonchev–Trinajstić information content (AvgIpc) is 2.31. The third-order valence-corrected chi connectivity index (χ3v) is 3.70. The highest BCUT2D eigenvalue weighted by Crippen LogP contribution is 2.30. The van der Waals surface area contributed by atoms with Crippen molar-refractivity contribution in [1.82, 2.24) is 4.90 Å². The molecule has 0 amide bonds. The summed E-state index contributed by atoms with van der Waals surface area (Å²) in [6.07, 6.45) is 2.35. The summed E-state index contributed by atoms with van der Waals surface area (Å²) in [5.41, 5.74) is 1.73. The Morgan fingerprint density at radius 1 is 1.28 bits per heavy atom. The maximum atomic E-state index is 13.3. The first-order valence-corrected chi connectivity index (χ1v) is 6.40. The van der Waals surface area contributed by atoms with Crippen molar-refractivity contribution in [3.8, 4) is 6.07 Å². The minimum Gasteiger partial charge on any atom is -0.299 e. The smallest absolute Gasteiger partial charge is 0.124 e. The van der Waals surface area contributed by atoms with E-state index in [1.165, 1.54) is 25.0 Å². The standard InChI is InChI=1S/C15H19FN2/c1-15(2)3-5-18(6-4-15)11-13-7-12(10-17)8-14(16)9-13/h7-9H,3-6,11H2,1-2H3. The van der Waals surface area contributed by atoms with E-state index in [4.69, 9.17) is 5.26 Å². The van der Waals surface area contributed by atoms with Gasteiger partial charge in [-0.2, -0.15) is 5.26 Å². The molecule has 0 atom stereocenters. The molecular formula is C15H19FN2. The molecule has 0 aromatic heterocycles. The fourth-order valence-electron chi connectivity index (χ4n) is 2.38. The van der Waals surface area contributed by atoms with Crippen molar-refractivity contribution >= 4 is 0 Å². The molecule has 1 heterocycles. The van der Waals surface area contributed by atoms with Crippen molar-refractivity contribution in [3.63, 3.8) is 0 Å². The number of hydrogen-bond acceptors (Lipinski definition) is 2. The second kappa shape index (κ2) is 5.07. The van der Waals surface area contributed by atoms with Gasteiger partial charge in [0.2, 0.25) is 0 Å². The monoisotopic (exact) mass is 246 g/mol. The van der Waals surface area contributed by atoms with E-state index in [9.17, 15) is 4.39 Å². The molecule has 0 N–H and O–H groups in total. The molecule has 0 bridgehead atoms. The van der Waals surface area contributed by atoms with Gasteiger partial charge in [-0.3, -0.25) is 4.90 Å². The molecule has 0 saturated carbocycles. The van der Waals surface area contributed by atoms with Crippen molar-refractivity contribution in [2.75, 3.05) is 13.1 Å². The summed E-state index contributed by atoms with van der Waals surface area (Å²) >= 11 is 0. The Balaban J connectivity index is 2.02. The van der Waals surface area contributed by atoms with Gasteiger partial charge in [-0.25, -0.2) is 4.39 Å². The molecule has 1 aliphatic rings. The normalized spacial score (nSPS) is 19.4. The molecule has 96 valence electrons. The Morgan fingerprint density at radius 2 is 1.94 bits per heavy atom. The molecule has 0 radical (unpaired) electrons. The van der Waals surface area contributed by atoms with Crippen molar-refractivity contribution in [2.45, 2.75) is 33.2 Å². The Bertz CT molecular complexity index is 464. The molecule has 1 aromatic rings. The average molecular weight is 246 g/mol. The molecule has 1 aromatic carbocycles. The molecule has 2 rings (SSSR count). The van der Waals surface area contributed by atoms with Crippen LogP contribution in [-0.4, -0.2) is 18.0 Å². The minimum atomic E-state index is -0.318. The van der Waals surface area contributed by atoms with Crippen LogP contribution in [0.4, 0.5) is 4.39 Å². The zero-order valence-electron chi connectivity index (χ0n) is 11.0. The van der Waals surface area contributed by atoms with E-state index in [0.29, 0.717) is 11.0 Å². The second-order valence-electron chi connectivity index (χ2n) is 5.90. The molecule has 18 heavy (non-hydrogen) atoms. The molecular weight excluding hydrogens is 227 g/mol. The summed E-state index contributed by atoms with van der Waals surface area (Å²) in [6.45, 7) is 7.42. The number of benzene rings is 1. The third-order valence-electron chi connectivity index (χ3n) is 3.70. The molecule has 0 spiro atoms. The largest absolute Gasteiger partial charge is 0.299 e. The highest BCUT2D eigenvalue weighted by molar-refractivity contribution is 5.33. The first-order valence-electron chi connectivity index (χ1n) is 6.40. The Hall–Kier alpha value is -1.40. The number of hydrogen-bond donors (Lipinski definition) is 0. The lowest BCUT2D eigenvalue weighted by molar-refractivity contribution is 0.127. The molecule has 1 aliphatic heterocycles. The van der Waals surface area contributed by atoms with Crippen LogP contribution in [0.2, 0.25) is 0 Å². The van der Waals surface area contributed by atoms with Gasteiger partial charge < -0.3 is 0 Å². The molecule has 3 heteroatoms. The number of nitrogens with zero attached hydrogens (tertiary/aromatic N) is 2. The van der Waals surface area contributed by atoms with Crippen molar-refractivity contribution in [2.24, 2.45) is 5.41 Å². The van der Waals surface area contributed by atoms with Gasteiger partial charge in [0, 0.05) is 6.54 Å². The predicted molar refractivity (Wildman–Crippen MR) is 69.4 cm³/mol. The van der Waals surface area contributed by atoms with Crippen LogP contribution in [0.3, 0.4) is 0 Å². The highest BCUT2D eigenvalue weighted by atomic mass is 19.1. The Morgan fingerprint density at radius 3 is 2.56 bits per heavy atom. The van der Waals surface area contributed by atoms with Crippen LogP contribution >= 0.6 is 0 Å². The maximum Gasteiger partial charge on any atom is 0.124 e. The van der Waals surface area contributed by atoms with Crippen molar-refractivity contribution in [1.29, 1.82) is 5.26 Å². The van der Waals surface area contributed by atoms with Gasteiger partial charge in [-0.15, -0.1) is 0 Å². The summed E-state index contributed by atoms with van der Waals surface area (Å²) in [4.78, 5) is 2.33. The Kier molecular flexibility index (Phi) is 3.68. The quantitative estimate of drug-likeness (QED) is 0.800. The summed E-state index contributed by atoms with van der Waals surface area (Å²) in [7, 11) is 0. The maximum absolute atomic E-state index is 13.3. The van der Waals surface area contributed by atoms with Crippen molar-refractivity contribution in [3.05, 3.63) is 35.1 Å². The van der Waals surface area contributed by atoms with E-state index in [-0.39, 0.29) is 5.82 Å². The summed E-state index contributed by atoms with van der Waals surface area (Å²) in [5, 5.41) is 8.83. The molecule has 2 nitrogen and oxygen atoms in total. The summed E-state index contributed by atoms with van der Waals surface area (Å²) in [5.74, 6) is -0.318. The first kappa shape index (κ1) is 13.0. The van der Waals surface area contributed by atoms with Crippen LogP contribution in [0.15, 0.2) is 18.2 Å². The minimum absolute atomic E-state index is 0.318. The van der Waals surface area contributed by atoms with Gasteiger partial charge in [-0.1, -0.05) is 13.8 Å². The lowest BCUT2D eigenvalue weighted by Crippen LogP contribution is -2.36. The van der Waals surface area contributed by atoms with E-state index in [2.05, 4.69) is 18.7 Å². The zero-order valence-corrected chi connectivity index (χ0v) is 11.0. The van der Waals surface area contributed by atoms with Crippen LogP contribution in [0.25, 0.3) is 0 Å². The molecule has 1 saturated heterocycles. The lowest BCUT2D eigenvalue weighted by atomic mass is 9.82. The van der Waals surface area contributed by atoms with Gasteiger partial charge in [0.25, 0.3) is 0 Å². The van der Waals surface area contributed by atoms with Crippen LogP contribution in [0.1, 0.15) is 37.8 Å².